The predicted molar refractivity (Wildman–Crippen MR) is 115 cm³/mol. The van der Waals surface area contributed by atoms with Crippen LogP contribution in [0.25, 0.3) is 0 Å². The maximum atomic E-state index is 12.7. The van der Waals surface area contributed by atoms with Crippen molar-refractivity contribution in [1.82, 2.24) is 16.0 Å². The Balaban J connectivity index is 5.47. The largest absolute Gasteiger partial charge is 0.481 e. The number of rotatable bonds is 17. The Labute approximate surface area is 195 Å². The molecule has 0 aliphatic rings. The quantitative estimate of drug-likeness (QED) is 0.0905. The monoisotopic (exact) mass is 491 g/mol. The van der Waals surface area contributed by atoms with E-state index in [1.54, 1.807) is 0 Å². The molecule has 15 nitrogen and oxygen atoms in total. The number of nitrogens with one attached hydrogen (secondary N) is 3. The second kappa shape index (κ2) is 15.5. The number of aliphatic hydroxyl groups is 1. The average molecular weight is 491 g/mol. The molecule has 0 aromatic rings. The molecule has 5 atom stereocenters. The van der Waals surface area contributed by atoms with Crippen molar-refractivity contribution in [3.63, 3.8) is 0 Å². The molecule has 0 saturated heterocycles. The first-order valence-corrected chi connectivity index (χ1v) is 10.5. The Kier molecular flexibility index (Phi) is 14.0. The summed E-state index contributed by atoms with van der Waals surface area (Å²) >= 11 is 0. The molecule has 0 aromatic carbocycles. The van der Waals surface area contributed by atoms with Gasteiger partial charge in [-0.1, -0.05) is 0 Å². The van der Waals surface area contributed by atoms with Crippen molar-refractivity contribution in [3.05, 3.63) is 0 Å². The summed E-state index contributed by atoms with van der Waals surface area (Å²) < 4.78 is 0. The van der Waals surface area contributed by atoms with Gasteiger partial charge in [-0.05, 0) is 39.2 Å². The zero-order valence-corrected chi connectivity index (χ0v) is 18.7. The third-order valence-electron chi connectivity index (χ3n) is 4.64. The third-order valence-corrected chi connectivity index (χ3v) is 4.64. The van der Waals surface area contributed by atoms with E-state index in [2.05, 4.69) is 16.0 Å². The van der Waals surface area contributed by atoms with Crippen LogP contribution in [0.1, 0.15) is 45.4 Å². The maximum absolute atomic E-state index is 12.7. The molecule has 5 unspecified atom stereocenters. The van der Waals surface area contributed by atoms with Gasteiger partial charge in [0.2, 0.25) is 17.7 Å². The van der Waals surface area contributed by atoms with E-state index in [9.17, 15) is 39.0 Å². The summed E-state index contributed by atoms with van der Waals surface area (Å²) in [6, 6.07) is -6.01. The Hall–Kier alpha value is -3.30. The number of carboxylic acids is 3. The van der Waals surface area contributed by atoms with Gasteiger partial charge < -0.3 is 47.8 Å². The van der Waals surface area contributed by atoms with Crippen molar-refractivity contribution in [1.29, 1.82) is 0 Å². The van der Waals surface area contributed by atoms with Crippen LogP contribution in [-0.2, 0) is 28.8 Å². The number of amides is 3. The molecule has 0 aliphatic heterocycles. The van der Waals surface area contributed by atoms with Gasteiger partial charge in [0.25, 0.3) is 0 Å². The molecule has 0 saturated carbocycles. The average Bonchev–Trinajstić information content (AvgIpc) is 2.72. The van der Waals surface area contributed by atoms with E-state index < -0.39 is 85.2 Å². The highest BCUT2D eigenvalue weighted by atomic mass is 16.4. The van der Waals surface area contributed by atoms with Crippen LogP contribution in [0.2, 0.25) is 0 Å². The van der Waals surface area contributed by atoms with Crippen molar-refractivity contribution in [2.24, 2.45) is 11.5 Å². The first-order chi connectivity index (χ1) is 15.8. The van der Waals surface area contributed by atoms with Gasteiger partial charge in [-0.25, -0.2) is 4.79 Å². The van der Waals surface area contributed by atoms with E-state index in [0.717, 1.165) is 6.92 Å². The summed E-state index contributed by atoms with van der Waals surface area (Å²) in [5, 5.41) is 43.4. The summed E-state index contributed by atoms with van der Waals surface area (Å²) in [6.45, 7) is 1.46. The van der Waals surface area contributed by atoms with Gasteiger partial charge in [0.15, 0.2) is 0 Å². The van der Waals surface area contributed by atoms with Gasteiger partial charge in [0, 0.05) is 6.42 Å². The summed E-state index contributed by atoms with van der Waals surface area (Å²) in [5.41, 5.74) is 10.8. The van der Waals surface area contributed by atoms with Gasteiger partial charge in [0.05, 0.1) is 18.6 Å². The molecule has 0 heterocycles. The fourth-order valence-corrected chi connectivity index (χ4v) is 2.77. The third kappa shape index (κ3) is 12.1. The number of carbonyl (C=O) groups excluding carboxylic acids is 3. The second-order valence-corrected chi connectivity index (χ2v) is 7.61. The van der Waals surface area contributed by atoms with Crippen LogP contribution < -0.4 is 27.4 Å². The number of carbonyl (C=O) groups is 6. The molecule has 15 heteroatoms. The molecule has 0 fully saturated rings. The standard InChI is InChI=1S/C19H33N5O10/c1-9(25)15(24-16(30)10(21)8-14(28)29)18(32)22-11(5-6-13(26)27)17(31)23-12(19(33)34)4-2-3-7-20/h9-12,15,25H,2-8,20-21H2,1H3,(H,22,32)(H,23,31)(H,24,30)(H,26,27)(H,28,29)(H,33,34). The molecule has 0 rings (SSSR count). The van der Waals surface area contributed by atoms with E-state index in [4.69, 9.17) is 21.7 Å². The van der Waals surface area contributed by atoms with Gasteiger partial charge in [-0.15, -0.1) is 0 Å². The topological polar surface area (TPSA) is 271 Å². The molecule has 11 N–H and O–H groups in total. The molecular weight excluding hydrogens is 458 g/mol. The molecule has 194 valence electrons. The van der Waals surface area contributed by atoms with Crippen LogP contribution in [0.3, 0.4) is 0 Å². The van der Waals surface area contributed by atoms with Crippen LogP contribution in [0, 0.1) is 0 Å². The molecule has 0 radical (unpaired) electrons. The number of unbranched alkanes of at least 4 members (excludes halogenated alkanes) is 1. The van der Waals surface area contributed by atoms with Gasteiger partial charge >= 0.3 is 17.9 Å². The molecule has 0 spiro atoms. The minimum Gasteiger partial charge on any atom is -0.481 e. The number of carboxylic acid groups (broad SMARTS) is 3. The Morgan fingerprint density at radius 1 is 0.794 bits per heavy atom. The summed E-state index contributed by atoms with van der Waals surface area (Å²) in [6.07, 6.45) is -2.27. The SMILES string of the molecule is CC(O)C(NC(=O)C(N)CC(=O)O)C(=O)NC(CCC(=O)O)C(=O)NC(CCCCN)C(=O)O. The van der Waals surface area contributed by atoms with Crippen molar-refractivity contribution in [3.8, 4) is 0 Å². The molecule has 0 bridgehead atoms. The Bertz CT molecular complexity index is 745. The second-order valence-electron chi connectivity index (χ2n) is 7.61. The molecule has 3 amide bonds. The van der Waals surface area contributed by atoms with Crippen molar-refractivity contribution >= 4 is 35.6 Å². The minimum atomic E-state index is -1.66. The first kappa shape index (κ1) is 30.7. The van der Waals surface area contributed by atoms with Gasteiger partial charge in [-0.2, -0.15) is 0 Å². The fourth-order valence-electron chi connectivity index (χ4n) is 2.77. The van der Waals surface area contributed by atoms with E-state index in [1.165, 1.54) is 0 Å². The van der Waals surface area contributed by atoms with Crippen molar-refractivity contribution < 1.29 is 49.2 Å². The molecular formula is C19H33N5O10. The van der Waals surface area contributed by atoms with E-state index >= 15 is 0 Å². The highest BCUT2D eigenvalue weighted by Gasteiger charge is 2.32. The van der Waals surface area contributed by atoms with Crippen LogP contribution >= 0.6 is 0 Å². The highest BCUT2D eigenvalue weighted by Crippen LogP contribution is 2.06. The van der Waals surface area contributed by atoms with Crippen LogP contribution in [0.5, 0.6) is 0 Å². The van der Waals surface area contributed by atoms with E-state index in [1.807, 2.05) is 0 Å². The van der Waals surface area contributed by atoms with Crippen LogP contribution in [-0.4, -0.2) is 92.9 Å². The van der Waals surface area contributed by atoms with E-state index in [-0.39, 0.29) is 6.42 Å². The Morgan fingerprint density at radius 3 is 1.85 bits per heavy atom. The number of hydrogen-bond donors (Lipinski definition) is 9. The highest BCUT2D eigenvalue weighted by molar-refractivity contribution is 5.95. The summed E-state index contributed by atoms with van der Waals surface area (Å²) in [7, 11) is 0. The summed E-state index contributed by atoms with van der Waals surface area (Å²) in [5.74, 6) is -7.12. The zero-order valence-electron chi connectivity index (χ0n) is 18.7. The normalized spacial score (nSPS) is 15.2. The van der Waals surface area contributed by atoms with Gasteiger partial charge in [-0.3, -0.25) is 24.0 Å². The fraction of sp³-hybridized carbons (Fsp3) is 0.684. The van der Waals surface area contributed by atoms with Crippen LogP contribution in [0.15, 0.2) is 0 Å². The number of aliphatic hydroxyl groups excluding tert-OH is 1. The molecule has 34 heavy (non-hydrogen) atoms. The van der Waals surface area contributed by atoms with Crippen LogP contribution in [0.4, 0.5) is 0 Å². The van der Waals surface area contributed by atoms with E-state index in [0.29, 0.717) is 19.4 Å². The lowest BCUT2D eigenvalue weighted by Gasteiger charge is -2.26. The minimum absolute atomic E-state index is 0.0473. The smallest absolute Gasteiger partial charge is 0.326 e. The Morgan fingerprint density at radius 2 is 1.38 bits per heavy atom. The number of aliphatic carboxylic acids is 3. The predicted octanol–water partition coefficient (Wildman–Crippen LogP) is -3.30. The lowest BCUT2D eigenvalue weighted by Crippen LogP contribution is -2.59. The molecule has 0 aliphatic carbocycles. The summed E-state index contributed by atoms with van der Waals surface area (Å²) in [4.78, 5) is 70.5. The van der Waals surface area contributed by atoms with Crippen molar-refractivity contribution in [2.75, 3.05) is 6.54 Å². The van der Waals surface area contributed by atoms with Gasteiger partial charge in [0.1, 0.15) is 18.1 Å². The number of nitrogens with two attached hydrogens (primary N) is 2. The maximum Gasteiger partial charge on any atom is 0.326 e. The zero-order chi connectivity index (χ0) is 26.4. The lowest BCUT2D eigenvalue weighted by atomic mass is 10.1. The first-order valence-electron chi connectivity index (χ1n) is 10.5. The molecule has 0 aromatic heterocycles. The number of hydrogen-bond acceptors (Lipinski definition) is 9. The van der Waals surface area contributed by atoms with Crippen molar-refractivity contribution in [2.45, 2.75) is 75.7 Å². The lowest BCUT2D eigenvalue weighted by molar-refractivity contribution is -0.143.